The molecule has 2 aromatic rings. The third-order valence-corrected chi connectivity index (χ3v) is 4.25. The van der Waals surface area contributed by atoms with E-state index in [1.54, 1.807) is 13.1 Å². The van der Waals surface area contributed by atoms with Crippen LogP contribution in [0.25, 0.3) is 0 Å². The smallest absolute Gasteiger partial charge is 0.489 e. The summed E-state index contributed by atoms with van der Waals surface area (Å²) in [5, 5.41) is 0.282. The average molecular weight is 416 g/mol. The summed E-state index contributed by atoms with van der Waals surface area (Å²) in [7, 11) is 1.58. The molecule has 1 heterocycles. The molecule has 0 atom stereocenters. The summed E-state index contributed by atoms with van der Waals surface area (Å²) in [6.45, 7) is 1.13. The minimum atomic E-state index is -4.75. The van der Waals surface area contributed by atoms with Crippen LogP contribution in [0.4, 0.5) is 13.2 Å². The second-order valence-electron chi connectivity index (χ2n) is 6.19. The molecule has 28 heavy (non-hydrogen) atoms. The molecule has 0 radical (unpaired) electrons. The van der Waals surface area contributed by atoms with Gasteiger partial charge >= 0.3 is 6.36 Å². The van der Waals surface area contributed by atoms with Crippen LogP contribution in [-0.4, -0.2) is 37.4 Å². The van der Waals surface area contributed by atoms with Crippen molar-refractivity contribution in [1.29, 1.82) is 0 Å². The van der Waals surface area contributed by atoms with Crippen molar-refractivity contribution in [1.82, 2.24) is 4.90 Å². The van der Waals surface area contributed by atoms with Gasteiger partial charge in [-0.05, 0) is 29.8 Å². The van der Waals surface area contributed by atoms with Crippen molar-refractivity contribution in [3.8, 4) is 17.2 Å². The van der Waals surface area contributed by atoms with E-state index in [0.717, 1.165) is 0 Å². The second-order valence-corrected chi connectivity index (χ2v) is 6.60. The van der Waals surface area contributed by atoms with Crippen LogP contribution in [-0.2, 0) is 6.54 Å². The van der Waals surface area contributed by atoms with Crippen LogP contribution in [0.5, 0.6) is 17.2 Å². The molecule has 0 saturated heterocycles. The number of rotatable bonds is 4. The monoisotopic (exact) mass is 415 g/mol. The largest absolute Gasteiger partial charge is 0.573 e. The lowest BCUT2D eigenvalue weighted by atomic mass is 10.1. The molecule has 150 valence electrons. The van der Waals surface area contributed by atoms with E-state index in [1.807, 2.05) is 0 Å². The molecule has 1 amide bonds. The average Bonchev–Trinajstić information content (AvgIpc) is 2.87. The van der Waals surface area contributed by atoms with Crippen LogP contribution in [0.3, 0.4) is 0 Å². The number of alkyl halides is 3. The standard InChI is InChI=1S/C19H17ClF3NO4/c1-24(11-12-3-5-14(6-4-12)28-19(21,22)23)18(25)13-9-15(20)17-16(10-13)26-7-2-8-27-17/h3-6,9-10H,2,7-8,11H2,1H3. The lowest BCUT2D eigenvalue weighted by Crippen LogP contribution is -2.26. The SMILES string of the molecule is CN(Cc1ccc(OC(F)(F)F)cc1)C(=O)c1cc(Cl)c2c(c1)OCCCO2. The minimum absolute atomic E-state index is 0.192. The van der Waals surface area contributed by atoms with E-state index >= 15 is 0 Å². The van der Waals surface area contributed by atoms with E-state index in [1.165, 1.54) is 35.2 Å². The number of carbonyl (C=O) groups excluding carboxylic acids is 1. The number of carbonyl (C=O) groups is 1. The summed E-state index contributed by atoms with van der Waals surface area (Å²) in [6.07, 6.45) is -4.03. The lowest BCUT2D eigenvalue weighted by molar-refractivity contribution is -0.274. The summed E-state index contributed by atoms with van der Waals surface area (Å²) in [5.41, 5.74) is 0.972. The van der Waals surface area contributed by atoms with E-state index in [2.05, 4.69) is 4.74 Å². The molecule has 1 aliphatic heterocycles. The van der Waals surface area contributed by atoms with Crippen molar-refractivity contribution in [3.63, 3.8) is 0 Å². The molecule has 0 unspecified atom stereocenters. The molecule has 0 aromatic heterocycles. The fraction of sp³-hybridized carbons (Fsp3) is 0.316. The Labute approximate surface area is 164 Å². The number of halogens is 4. The summed E-state index contributed by atoms with van der Waals surface area (Å²) >= 11 is 6.22. The van der Waals surface area contributed by atoms with Crippen LogP contribution < -0.4 is 14.2 Å². The van der Waals surface area contributed by atoms with Crippen molar-refractivity contribution in [3.05, 3.63) is 52.5 Å². The van der Waals surface area contributed by atoms with Crippen molar-refractivity contribution < 1.29 is 32.2 Å². The predicted octanol–water partition coefficient (Wildman–Crippen LogP) is 4.67. The van der Waals surface area contributed by atoms with Crippen molar-refractivity contribution in [2.75, 3.05) is 20.3 Å². The Bertz CT molecular complexity index is 855. The van der Waals surface area contributed by atoms with Gasteiger partial charge in [0.25, 0.3) is 5.91 Å². The molecule has 0 saturated carbocycles. The predicted molar refractivity (Wildman–Crippen MR) is 96.0 cm³/mol. The van der Waals surface area contributed by atoms with Gasteiger partial charge in [-0.1, -0.05) is 23.7 Å². The first-order valence-electron chi connectivity index (χ1n) is 8.42. The molecular weight excluding hydrogens is 399 g/mol. The number of amides is 1. The lowest BCUT2D eigenvalue weighted by Gasteiger charge is -2.19. The highest BCUT2D eigenvalue weighted by Crippen LogP contribution is 2.38. The summed E-state index contributed by atoms with van der Waals surface area (Å²) in [4.78, 5) is 14.2. The van der Waals surface area contributed by atoms with Gasteiger partial charge in [-0.2, -0.15) is 0 Å². The molecule has 2 aromatic carbocycles. The number of hydrogen-bond acceptors (Lipinski definition) is 4. The fourth-order valence-electron chi connectivity index (χ4n) is 2.72. The molecule has 1 aliphatic rings. The zero-order valence-corrected chi connectivity index (χ0v) is 15.6. The third-order valence-electron chi connectivity index (χ3n) is 3.97. The Kier molecular flexibility index (Phi) is 5.88. The first-order chi connectivity index (χ1) is 13.2. The molecule has 9 heteroatoms. The van der Waals surface area contributed by atoms with E-state index in [0.29, 0.717) is 42.3 Å². The molecule has 0 aliphatic carbocycles. The zero-order chi connectivity index (χ0) is 20.3. The minimum Gasteiger partial charge on any atom is -0.489 e. The van der Waals surface area contributed by atoms with Gasteiger partial charge in [-0.15, -0.1) is 13.2 Å². The Balaban J connectivity index is 1.71. The van der Waals surface area contributed by atoms with Crippen molar-refractivity contribution in [2.24, 2.45) is 0 Å². The van der Waals surface area contributed by atoms with Crippen molar-refractivity contribution in [2.45, 2.75) is 19.3 Å². The number of benzene rings is 2. The summed E-state index contributed by atoms with van der Waals surface area (Å²) < 4.78 is 51.6. The highest BCUT2D eigenvalue weighted by molar-refractivity contribution is 6.32. The Morgan fingerprint density at radius 1 is 1.18 bits per heavy atom. The fourth-order valence-corrected chi connectivity index (χ4v) is 2.98. The summed E-state index contributed by atoms with van der Waals surface area (Å²) in [5.74, 6) is 0.196. The number of hydrogen-bond donors (Lipinski definition) is 0. The quantitative estimate of drug-likeness (QED) is 0.728. The molecule has 0 N–H and O–H groups in total. The van der Waals surface area contributed by atoms with Crippen LogP contribution in [0.15, 0.2) is 36.4 Å². The van der Waals surface area contributed by atoms with Crippen LogP contribution in [0.2, 0.25) is 5.02 Å². The van der Waals surface area contributed by atoms with Gasteiger partial charge in [0, 0.05) is 25.6 Å². The maximum absolute atomic E-state index is 12.7. The number of nitrogens with zero attached hydrogens (tertiary/aromatic N) is 1. The maximum Gasteiger partial charge on any atom is 0.573 e. The van der Waals surface area contributed by atoms with Gasteiger partial charge in [0.1, 0.15) is 5.75 Å². The molecule has 3 rings (SSSR count). The molecule has 0 bridgehead atoms. The highest BCUT2D eigenvalue weighted by atomic mass is 35.5. The first kappa shape index (κ1) is 20.1. The Morgan fingerprint density at radius 2 is 1.86 bits per heavy atom. The van der Waals surface area contributed by atoms with Gasteiger partial charge in [0.2, 0.25) is 0 Å². The Hall–Kier alpha value is -2.61. The van der Waals surface area contributed by atoms with Crippen LogP contribution in [0.1, 0.15) is 22.3 Å². The van der Waals surface area contributed by atoms with Crippen LogP contribution in [0, 0.1) is 0 Å². The molecule has 0 fully saturated rings. The summed E-state index contributed by atoms with van der Waals surface area (Å²) in [6, 6.07) is 8.41. The highest BCUT2D eigenvalue weighted by Gasteiger charge is 2.31. The second kappa shape index (κ2) is 8.18. The number of ether oxygens (including phenoxy) is 3. The molecular formula is C19H17ClF3NO4. The first-order valence-corrected chi connectivity index (χ1v) is 8.80. The zero-order valence-electron chi connectivity index (χ0n) is 14.9. The van der Waals surface area contributed by atoms with Gasteiger partial charge in [0.15, 0.2) is 11.5 Å². The van der Waals surface area contributed by atoms with Gasteiger partial charge in [-0.3, -0.25) is 4.79 Å². The Morgan fingerprint density at radius 3 is 2.54 bits per heavy atom. The van der Waals surface area contributed by atoms with E-state index in [4.69, 9.17) is 21.1 Å². The van der Waals surface area contributed by atoms with Gasteiger partial charge in [0.05, 0.1) is 18.2 Å². The third kappa shape index (κ3) is 5.01. The normalized spacial score (nSPS) is 13.6. The van der Waals surface area contributed by atoms with Gasteiger partial charge in [-0.25, -0.2) is 0 Å². The van der Waals surface area contributed by atoms with E-state index < -0.39 is 6.36 Å². The van der Waals surface area contributed by atoms with Crippen LogP contribution >= 0.6 is 11.6 Å². The topological polar surface area (TPSA) is 48.0 Å². The number of fused-ring (bicyclic) bond motifs is 1. The van der Waals surface area contributed by atoms with Crippen molar-refractivity contribution >= 4 is 17.5 Å². The molecule has 5 nitrogen and oxygen atoms in total. The van der Waals surface area contributed by atoms with E-state index in [9.17, 15) is 18.0 Å². The maximum atomic E-state index is 12.7. The van der Waals surface area contributed by atoms with Gasteiger partial charge < -0.3 is 19.1 Å². The molecule has 0 spiro atoms. The van der Waals surface area contributed by atoms with E-state index in [-0.39, 0.29) is 23.2 Å².